The molecule has 0 amide bonds. The predicted molar refractivity (Wildman–Crippen MR) is 54.6 cm³/mol. The SMILES string of the molecule is C=CC1(CC)CCC2OC2C1CC. The lowest BCUT2D eigenvalue weighted by Crippen LogP contribution is -2.36. The summed E-state index contributed by atoms with van der Waals surface area (Å²) >= 11 is 0. The van der Waals surface area contributed by atoms with Crippen LogP contribution in [-0.2, 0) is 4.74 Å². The molecule has 4 unspecified atom stereocenters. The zero-order valence-electron chi connectivity index (χ0n) is 8.75. The summed E-state index contributed by atoms with van der Waals surface area (Å²) in [6, 6.07) is 0. The van der Waals surface area contributed by atoms with Gasteiger partial charge in [-0.25, -0.2) is 0 Å². The van der Waals surface area contributed by atoms with Crippen molar-refractivity contribution < 1.29 is 4.74 Å². The molecule has 0 radical (unpaired) electrons. The van der Waals surface area contributed by atoms with Crippen molar-refractivity contribution in [3.05, 3.63) is 12.7 Å². The second-order valence-electron chi connectivity index (χ2n) is 4.48. The third-order valence-corrected chi connectivity index (χ3v) is 4.16. The summed E-state index contributed by atoms with van der Waals surface area (Å²) in [4.78, 5) is 0. The van der Waals surface area contributed by atoms with Gasteiger partial charge in [-0.1, -0.05) is 19.9 Å². The topological polar surface area (TPSA) is 12.5 Å². The molecule has 13 heavy (non-hydrogen) atoms. The minimum Gasteiger partial charge on any atom is -0.369 e. The number of allylic oxidation sites excluding steroid dienone is 1. The Hall–Kier alpha value is -0.300. The van der Waals surface area contributed by atoms with E-state index in [0.29, 0.717) is 17.6 Å². The third-order valence-electron chi connectivity index (χ3n) is 4.16. The molecule has 1 heterocycles. The second-order valence-corrected chi connectivity index (χ2v) is 4.48. The Balaban J connectivity index is 2.19. The molecule has 1 aliphatic heterocycles. The Morgan fingerprint density at radius 3 is 2.85 bits per heavy atom. The Kier molecular flexibility index (Phi) is 2.23. The van der Waals surface area contributed by atoms with Crippen LogP contribution in [0.4, 0.5) is 0 Å². The first-order valence-electron chi connectivity index (χ1n) is 5.56. The van der Waals surface area contributed by atoms with Gasteiger partial charge in [0.1, 0.15) is 0 Å². The number of rotatable bonds is 3. The molecule has 0 aromatic rings. The van der Waals surface area contributed by atoms with Crippen LogP contribution in [0.5, 0.6) is 0 Å². The van der Waals surface area contributed by atoms with Crippen LogP contribution in [0.3, 0.4) is 0 Å². The molecule has 0 aromatic carbocycles. The lowest BCUT2D eigenvalue weighted by molar-refractivity contribution is 0.150. The number of fused-ring (bicyclic) bond motifs is 1. The minimum atomic E-state index is 0.381. The Morgan fingerprint density at radius 1 is 1.54 bits per heavy atom. The number of epoxide rings is 1. The molecule has 1 heteroatoms. The predicted octanol–water partition coefficient (Wildman–Crippen LogP) is 3.16. The van der Waals surface area contributed by atoms with Gasteiger partial charge in [-0.3, -0.25) is 0 Å². The Labute approximate surface area is 81.2 Å². The van der Waals surface area contributed by atoms with Crippen LogP contribution in [0, 0.1) is 11.3 Å². The first-order chi connectivity index (χ1) is 6.27. The maximum absolute atomic E-state index is 5.69. The molecule has 2 aliphatic rings. The molecule has 4 atom stereocenters. The van der Waals surface area contributed by atoms with Gasteiger partial charge in [0.25, 0.3) is 0 Å². The van der Waals surface area contributed by atoms with Crippen LogP contribution in [0.1, 0.15) is 39.5 Å². The van der Waals surface area contributed by atoms with E-state index in [9.17, 15) is 0 Å². The molecule has 1 saturated heterocycles. The average molecular weight is 180 g/mol. The largest absolute Gasteiger partial charge is 0.369 e. The molecule has 0 aromatic heterocycles. The van der Waals surface area contributed by atoms with E-state index >= 15 is 0 Å². The van der Waals surface area contributed by atoms with Gasteiger partial charge in [0, 0.05) is 0 Å². The van der Waals surface area contributed by atoms with Crippen LogP contribution >= 0.6 is 0 Å². The molecule has 1 aliphatic carbocycles. The van der Waals surface area contributed by atoms with Gasteiger partial charge in [-0.05, 0) is 37.0 Å². The molecular formula is C12H20O. The van der Waals surface area contributed by atoms with Gasteiger partial charge < -0.3 is 4.74 Å². The maximum Gasteiger partial charge on any atom is 0.0878 e. The normalized spacial score (nSPS) is 48.3. The van der Waals surface area contributed by atoms with Crippen molar-refractivity contribution in [1.82, 2.24) is 0 Å². The lowest BCUT2D eigenvalue weighted by Gasteiger charge is -2.39. The summed E-state index contributed by atoms with van der Waals surface area (Å²) in [6.07, 6.45) is 8.36. The number of hydrogen-bond acceptors (Lipinski definition) is 1. The van der Waals surface area contributed by atoms with Crippen molar-refractivity contribution >= 4 is 0 Å². The van der Waals surface area contributed by atoms with Crippen molar-refractivity contribution in [2.75, 3.05) is 0 Å². The molecule has 0 bridgehead atoms. The number of hydrogen-bond donors (Lipinski definition) is 0. The zero-order chi connectivity index (χ0) is 9.47. The summed E-state index contributed by atoms with van der Waals surface area (Å²) in [6.45, 7) is 8.59. The van der Waals surface area contributed by atoms with Crippen molar-refractivity contribution in [3.63, 3.8) is 0 Å². The van der Waals surface area contributed by atoms with Gasteiger partial charge >= 0.3 is 0 Å². The highest BCUT2D eigenvalue weighted by Gasteiger charge is 2.55. The van der Waals surface area contributed by atoms with Crippen molar-refractivity contribution in [1.29, 1.82) is 0 Å². The summed E-state index contributed by atoms with van der Waals surface area (Å²) in [7, 11) is 0. The van der Waals surface area contributed by atoms with E-state index in [1.165, 1.54) is 25.7 Å². The quantitative estimate of drug-likeness (QED) is 0.480. The lowest BCUT2D eigenvalue weighted by atomic mass is 9.64. The second kappa shape index (κ2) is 3.13. The van der Waals surface area contributed by atoms with Crippen LogP contribution < -0.4 is 0 Å². The van der Waals surface area contributed by atoms with Gasteiger partial charge in [-0.2, -0.15) is 0 Å². The Morgan fingerprint density at radius 2 is 2.31 bits per heavy atom. The fourth-order valence-electron chi connectivity index (χ4n) is 3.14. The fourth-order valence-corrected chi connectivity index (χ4v) is 3.14. The third kappa shape index (κ3) is 1.25. The summed E-state index contributed by atoms with van der Waals surface area (Å²) in [5.41, 5.74) is 0.381. The molecular weight excluding hydrogens is 160 g/mol. The fraction of sp³-hybridized carbons (Fsp3) is 0.833. The van der Waals surface area contributed by atoms with Gasteiger partial charge in [-0.15, -0.1) is 6.58 Å². The van der Waals surface area contributed by atoms with Gasteiger partial charge in [0.05, 0.1) is 12.2 Å². The molecule has 2 rings (SSSR count). The van der Waals surface area contributed by atoms with E-state index in [2.05, 4.69) is 26.5 Å². The summed E-state index contributed by atoms with van der Waals surface area (Å²) in [5.74, 6) is 0.730. The standard InChI is InChI=1S/C12H20O/c1-4-9-11-10(13-11)7-8-12(9,5-2)6-3/h5,9-11H,2,4,6-8H2,1,3H3. The first-order valence-corrected chi connectivity index (χ1v) is 5.56. The zero-order valence-corrected chi connectivity index (χ0v) is 8.75. The highest BCUT2D eigenvalue weighted by atomic mass is 16.6. The first kappa shape index (κ1) is 9.26. The molecule has 1 saturated carbocycles. The van der Waals surface area contributed by atoms with Crippen molar-refractivity contribution in [2.45, 2.75) is 51.7 Å². The Bertz CT molecular complexity index is 211. The maximum atomic E-state index is 5.69. The highest BCUT2D eigenvalue weighted by molar-refractivity contribution is 5.10. The van der Waals surface area contributed by atoms with Gasteiger partial charge in [0.15, 0.2) is 0 Å². The van der Waals surface area contributed by atoms with E-state index in [1.807, 2.05) is 0 Å². The van der Waals surface area contributed by atoms with E-state index in [4.69, 9.17) is 4.74 Å². The van der Waals surface area contributed by atoms with E-state index in [1.54, 1.807) is 0 Å². The van der Waals surface area contributed by atoms with Crippen molar-refractivity contribution in [2.24, 2.45) is 11.3 Å². The van der Waals surface area contributed by atoms with Crippen molar-refractivity contribution in [3.8, 4) is 0 Å². The van der Waals surface area contributed by atoms with E-state index in [-0.39, 0.29) is 0 Å². The van der Waals surface area contributed by atoms with E-state index in [0.717, 1.165) is 5.92 Å². The van der Waals surface area contributed by atoms with Gasteiger partial charge in [0.2, 0.25) is 0 Å². The molecule has 1 nitrogen and oxygen atoms in total. The molecule has 74 valence electrons. The van der Waals surface area contributed by atoms with Crippen LogP contribution in [-0.4, -0.2) is 12.2 Å². The summed E-state index contributed by atoms with van der Waals surface area (Å²) in [5, 5.41) is 0. The average Bonchev–Trinajstić information content (AvgIpc) is 2.94. The monoisotopic (exact) mass is 180 g/mol. The van der Waals surface area contributed by atoms with Crippen LogP contribution in [0.2, 0.25) is 0 Å². The number of ether oxygens (including phenoxy) is 1. The van der Waals surface area contributed by atoms with E-state index < -0.39 is 0 Å². The molecule has 0 N–H and O–H groups in total. The smallest absolute Gasteiger partial charge is 0.0878 e. The molecule has 0 spiro atoms. The van der Waals surface area contributed by atoms with Crippen LogP contribution in [0.15, 0.2) is 12.7 Å². The minimum absolute atomic E-state index is 0.381. The highest BCUT2D eigenvalue weighted by Crippen LogP contribution is 2.54. The molecule has 2 fully saturated rings. The van der Waals surface area contributed by atoms with Crippen LogP contribution in [0.25, 0.3) is 0 Å². The summed E-state index contributed by atoms with van der Waals surface area (Å²) < 4.78 is 5.69.